The van der Waals surface area contributed by atoms with Crippen molar-refractivity contribution in [3.63, 3.8) is 0 Å². The molecule has 3 rings (SSSR count). The third-order valence-electron chi connectivity index (χ3n) is 3.10. The molecule has 0 amide bonds. The molecular weight excluding hydrogens is 168 g/mol. The Morgan fingerprint density at radius 1 is 1.31 bits per heavy atom. The second-order valence-corrected chi connectivity index (χ2v) is 4.09. The molecule has 1 aliphatic heterocycles. The Labute approximate surface area is 75.9 Å². The maximum atomic E-state index is 5.36. The molecule has 0 unspecified atom stereocenters. The van der Waals surface area contributed by atoms with Gasteiger partial charge in [-0.05, 0) is 24.7 Å². The summed E-state index contributed by atoms with van der Waals surface area (Å²) >= 11 is 0. The second kappa shape index (κ2) is 2.16. The minimum Gasteiger partial charge on any atom is -0.390 e. The van der Waals surface area contributed by atoms with Crippen molar-refractivity contribution in [1.82, 2.24) is 10.2 Å². The molecule has 1 spiro atoms. The zero-order chi connectivity index (χ0) is 8.89. The lowest BCUT2D eigenvalue weighted by Crippen LogP contribution is -2.20. The van der Waals surface area contributed by atoms with Crippen molar-refractivity contribution in [1.29, 1.82) is 0 Å². The predicted molar refractivity (Wildman–Crippen MR) is 47.2 cm³/mol. The van der Waals surface area contributed by atoms with Crippen LogP contribution in [0.2, 0.25) is 0 Å². The van der Waals surface area contributed by atoms with E-state index in [1.165, 1.54) is 19.3 Å². The SMILES string of the molecule is Nc1nnc(N2CCC3(CC3)C2)o1. The Kier molecular flexibility index (Phi) is 1.19. The number of nitrogens with two attached hydrogens (primary N) is 1. The fourth-order valence-corrected chi connectivity index (χ4v) is 2.04. The first-order valence-electron chi connectivity index (χ1n) is 4.61. The lowest BCUT2D eigenvalue weighted by molar-refractivity contribution is 0.545. The van der Waals surface area contributed by atoms with Crippen LogP contribution in [-0.2, 0) is 0 Å². The molecule has 0 atom stereocenters. The van der Waals surface area contributed by atoms with E-state index in [0.29, 0.717) is 11.4 Å². The van der Waals surface area contributed by atoms with Gasteiger partial charge in [0.15, 0.2) is 0 Å². The van der Waals surface area contributed by atoms with E-state index in [4.69, 9.17) is 10.2 Å². The fourth-order valence-electron chi connectivity index (χ4n) is 2.04. The molecule has 5 nitrogen and oxygen atoms in total. The molecule has 2 aliphatic rings. The Balaban J connectivity index is 1.80. The number of nitrogens with zero attached hydrogens (tertiary/aromatic N) is 3. The monoisotopic (exact) mass is 180 g/mol. The van der Waals surface area contributed by atoms with Crippen LogP contribution in [0.3, 0.4) is 0 Å². The molecule has 2 heterocycles. The molecule has 5 heteroatoms. The van der Waals surface area contributed by atoms with Gasteiger partial charge >= 0.3 is 12.0 Å². The van der Waals surface area contributed by atoms with E-state index in [1.54, 1.807) is 0 Å². The average molecular weight is 180 g/mol. The lowest BCUT2D eigenvalue weighted by atomic mass is 10.1. The lowest BCUT2D eigenvalue weighted by Gasteiger charge is -2.11. The Hall–Kier alpha value is -1.26. The van der Waals surface area contributed by atoms with E-state index < -0.39 is 0 Å². The third-order valence-corrected chi connectivity index (χ3v) is 3.10. The average Bonchev–Trinajstić information content (AvgIpc) is 2.55. The fraction of sp³-hybridized carbons (Fsp3) is 0.750. The van der Waals surface area contributed by atoms with Crippen molar-refractivity contribution in [2.75, 3.05) is 23.7 Å². The molecule has 70 valence electrons. The summed E-state index contributed by atoms with van der Waals surface area (Å²) < 4.78 is 5.17. The minimum atomic E-state index is 0.159. The molecule has 1 aromatic heterocycles. The van der Waals surface area contributed by atoms with E-state index in [9.17, 15) is 0 Å². The van der Waals surface area contributed by atoms with Crippen LogP contribution in [0, 0.1) is 5.41 Å². The summed E-state index contributed by atoms with van der Waals surface area (Å²) in [6.07, 6.45) is 3.97. The van der Waals surface area contributed by atoms with Crippen molar-refractivity contribution in [3.05, 3.63) is 0 Å². The number of anilines is 2. The highest BCUT2D eigenvalue weighted by atomic mass is 16.4. The number of nitrogen functional groups attached to an aromatic ring is 1. The van der Waals surface area contributed by atoms with Crippen molar-refractivity contribution in [3.8, 4) is 0 Å². The van der Waals surface area contributed by atoms with Gasteiger partial charge in [-0.2, -0.15) is 0 Å². The summed E-state index contributed by atoms with van der Waals surface area (Å²) in [6, 6.07) is 0.744. The van der Waals surface area contributed by atoms with Crippen molar-refractivity contribution in [2.24, 2.45) is 5.41 Å². The first-order valence-corrected chi connectivity index (χ1v) is 4.61. The van der Waals surface area contributed by atoms with Crippen LogP contribution >= 0.6 is 0 Å². The van der Waals surface area contributed by atoms with Crippen LogP contribution in [0.15, 0.2) is 4.42 Å². The molecule has 0 aromatic carbocycles. The summed E-state index contributed by atoms with van der Waals surface area (Å²) in [5.74, 6) is 0. The number of hydrogen-bond donors (Lipinski definition) is 1. The van der Waals surface area contributed by atoms with E-state index >= 15 is 0 Å². The van der Waals surface area contributed by atoms with E-state index in [-0.39, 0.29) is 6.01 Å². The maximum Gasteiger partial charge on any atom is 0.319 e. The van der Waals surface area contributed by atoms with Crippen LogP contribution in [-0.4, -0.2) is 23.3 Å². The smallest absolute Gasteiger partial charge is 0.319 e. The Morgan fingerprint density at radius 3 is 2.69 bits per heavy atom. The Morgan fingerprint density at radius 2 is 2.15 bits per heavy atom. The predicted octanol–water partition coefficient (Wildman–Crippen LogP) is 0.642. The van der Waals surface area contributed by atoms with Gasteiger partial charge in [-0.1, -0.05) is 10.2 Å². The first kappa shape index (κ1) is 7.17. The highest BCUT2D eigenvalue weighted by Crippen LogP contribution is 2.53. The highest BCUT2D eigenvalue weighted by molar-refractivity contribution is 5.32. The molecule has 1 aromatic rings. The summed E-state index contributed by atoms with van der Waals surface area (Å²) in [5, 5.41) is 7.52. The van der Waals surface area contributed by atoms with Crippen LogP contribution < -0.4 is 10.6 Å². The van der Waals surface area contributed by atoms with Gasteiger partial charge in [-0.3, -0.25) is 0 Å². The van der Waals surface area contributed by atoms with Gasteiger partial charge in [0.05, 0.1) is 0 Å². The largest absolute Gasteiger partial charge is 0.390 e. The van der Waals surface area contributed by atoms with Crippen LogP contribution in [0.5, 0.6) is 0 Å². The van der Waals surface area contributed by atoms with Gasteiger partial charge in [-0.15, -0.1) is 0 Å². The molecule has 1 aliphatic carbocycles. The molecule has 13 heavy (non-hydrogen) atoms. The molecule has 2 N–H and O–H groups in total. The third kappa shape index (κ3) is 1.07. The molecule has 1 saturated heterocycles. The first-order chi connectivity index (χ1) is 6.27. The quantitative estimate of drug-likeness (QED) is 0.687. The molecule has 1 saturated carbocycles. The standard InChI is InChI=1S/C8H12N4O/c9-6-10-11-7(13-6)12-4-3-8(5-12)1-2-8/h1-5H2,(H2,9,10). The van der Waals surface area contributed by atoms with Gasteiger partial charge in [0, 0.05) is 13.1 Å². The van der Waals surface area contributed by atoms with E-state index in [1.807, 2.05) is 0 Å². The van der Waals surface area contributed by atoms with E-state index in [2.05, 4.69) is 15.1 Å². The summed E-state index contributed by atoms with van der Waals surface area (Å²) in [4.78, 5) is 2.14. The van der Waals surface area contributed by atoms with Crippen LogP contribution in [0.25, 0.3) is 0 Å². The van der Waals surface area contributed by atoms with Gasteiger partial charge in [-0.25, -0.2) is 0 Å². The van der Waals surface area contributed by atoms with Gasteiger partial charge < -0.3 is 15.1 Å². The zero-order valence-corrected chi connectivity index (χ0v) is 7.36. The highest BCUT2D eigenvalue weighted by Gasteiger charge is 2.48. The topological polar surface area (TPSA) is 68.2 Å². The van der Waals surface area contributed by atoms with Gasteiger partial charge in [0.25, 0.3) is 0 Å². The number of rotatable bonds is 1. The van der Waals surface area contributed by atoms with Crippen molar-refractivity contribution < 1.29 is 4.42 Å². The van der Waals surface area contributed by atoms with Crippen molar-refractivity contribution >= 4 is 12.0 Å². The summed E-state index contributed by atoms with van der Waals surface area (Å²) in [5.41, 5.74) is 5.95. The van der Waals surface area contributed by atoms with Gasteiger partial charge in [0.1, 0.15) is 0 Å². The number of aromatic nitrogens is 2. The zero-order valence-electron chi connectivity index (χ0n) is 7.36. The second-order valence-electron chi connectivity index (χ2n) is 4.09. The van der Waals surface area contributed by atoms with Gasteiger partial charge in [0.2, 0.25) is 0 Å². The Bertz CT molecular complexity index is 331. The van der Waals surface area contributed by atoms with Crippen molar-refractivity contribution in [2.45, 2.75) is 19.3 Å². The van der Waals surface area contributed by atoms with Crippen LogP contribution in [0.4, 0.5) is 12.0 Å². The molecular formula is C8H12N4O. The molecule has 0 radical (unpaired) electrons. The van der Waals surface area contributed by atoms with Crippen LogP contribution in [0.1, 0.15) is 19.3 Å². The summed E-state index contributed by atoms with van der Waals surface area (Å²) in [7, 11) is 0. The maximum absolute atomic E-state index is 5.36. The minimum absolute atomic E-state index is 0.159. The number of hydrogen-bond acceptors (Lipinski definition) is 5. The summed E-state index contributed by atoms with van der Waals surface area (Å²) in [6.45, 7) is 2.09. The normalized spacial score (nSPS) is 24.2. The van der Waals surface area contributed by atoms with E-state index in [0.717, 1.165) is 13.1 Å². The molecule has 2 fully saturated rings. The molecule has 0 bridgehead atoms.